The second-order valence-electron chi connectivity index (χ2n) is 4.67. The van der Waals surface area contributed by atoms with E-state index < -0.39 is 5.97 Å². The lowest BCUT2D eigenvalue weighted by molar-refractivity contribution is -0.142. The Labute approximate surface area is 99.0 Å². The summed E-state index contributed by atoms with van der Waals surface area (Å²) in [5.41, 5.74) is 0.846. The van der Waals surface area contributed by atoms with Crippen molar-refractivity contribution in [2.45, 2.75) is 25.2 Å². The van der Waals surface area contributed by atoms with Gasteiger partial charge < -0.3 is 9.52 Å². The second kappa shape index (κ2) is 3.91. The smallest absolute Gasteiger partial charge is 0.307 e. The molecule has 1 saturated carbocycles. The van der Waals surface area contributed by atoms with Gasteiger partial charge in [0.2, 0.25) is 0 Å². The minimum absolute atomic E-state index is 0.0416. The standard InChI is InChI=1S/C14H14O3/c15-14(16)11-6-3-5-10(11)13-8-9-4-1-2-7-12(9)17-13/h1-2,4,7-8,10-11H,3,5-6H2,(H,15,16). The summed E-state index contributed by atoms with van der Waals surface area (Å²) in [5.74, 6) is -0.112. The molecule has 17 heavy (non-hydrogen) atoms. The number of hydrogen-bond acceptors (Lipinski definition) is 2. The second-order valence-corrected chi connectivity index (χ2v) is 4.67. The number of rotatable bonds is 2. The molecule has 2 unspecified atom stereocenters. The summed E-state index contributed by atoms with van der Waals surface area (Å²) in [6.07, 6.45) is 2.65. The van der Waals surface area contributed by atoms with Gasteiger partial charge in [0.25, 0.3) is 0 Å². The van der Waals surface area contributed by atoms with E-state index in [0.29, 0.717) is 0 Å². The molecule has 0 saturated heterocycles. The largest absolute Gasteiger partial charge is 0.481 e. The fraction of sp³-hybridized carbons (Fsp3) is 0.357. The quantitative estimate of drug-likeness (QED) is 0.860. The maximum atomic E-state index is 11.2. The van der Waals surface area contributed by atoms with Crippen LogP contribution in [0.4, 0.5) is 0 Å². The fourth-order valence-electron chi connectivity index (χ4n) is 2.78. The normalized spacial score (nSPS) is 24.2. The predicted octanol–water partition coefficient (Wildman–Crippen LogP) is 3.40. The number of fused-ring (bicyclic) bond motifs is 1. The minimum Gasteiger partial charge on any atom is -0.481 e. The van der Waals surface area contributed by atoms with Crippen molar-refractivity contribution in [1.29, 1.82) is 0 Å². The van der Waals surface area contributed by atoms with E-state index in [-0.39, 0.29) is 11.8 Å². The van der Waals surface area contributed by atoms with Crippen LogP contribution < -0.4 is 0 Å². The zero-order valence-corrected chi connectivity index (χ0v) is 9.43. The first-order valence-corrected chi connectivity index (χ1v) is 5.97. The van der Waals surface area contributed by atoms with Crippen molar-refractivity contribution in [2.75, 3.05) is 0 Å². The van der Waals surface area contributed by atoms with E-state index >= 15 is 0 Å². The number of para-hydroxylation sites is 1. The van der Waals surface area contributed by atoms with Crippen LogP contribution in [0.1, 0.15) is 30.9 Å². The van der Waals surface area contributed by atoms with Gasteiger partial charge in [-0.1, -0.05) is 24.6 Å². The van der Waals surface area contributed by atoms with Gasteiger partial charge in [-0.15, -0.1) is 0 Å². The Bertz CT molecular complexity index is 522. The lowest BCUT2D eigenvalue weighted by Gasteiger charge is -2.12. The number of furan rings is 1. The number of carboxylic acids is 1. The molecule has 1 aromatic carbocycles. The van der Waals surface area contributed by atoms with E-state index in [9.17, 15) is 9.90 Å². The highest BCUT2D eigenvalue weighted by Crippen LogP contribution is 2.41. The molecule has 0 radical (unpaired) electrons. The molecule has 1 aliphatic carbocycles. The van der Waals surface area contributed by atoms with E-state index in [4.69, 9.17) is 4.42 Å². The van der Waals surface area contributed by atoms with Gasteiger partial charge in [0.05, 0.1) is 5.92 Å². The molecule has 0 amide bonds. The monoisotopic (exact) mass is 230 g/mol. The van der Waals surface area contributed by atoms with Crippen LogP contribution in [0.15, 0.2) is 34.7 Å². The Morgan fingerprint density at radius 2 is 2.12 bits per heavy atom. The summed E-state index contributed by atoms with van der Waals surface area (Å²) in [7, 11) is 0. The number of carboxylic acid groups (broad SMARTS) is 1. The Morgan fingerprint density at radius 1 is 1.29 bits per heavy atom. The molecule has 3 rings (SSSR count). The van der Waals surface area contributed by atoms with Crippen LogP contribution in [0.25, 0.3) is 11.0 Å². The van der Waals surface area contributed by atoms with Gasteiger partial charge in [-0.25, -0.2) is 0 Å². The lowest BCUT2D eigenvalue weighted by Crippen LogP contribution is -2.16. The average Bonchev–Trinajstić information content (AvgIpc) is 2.95. The van der Waals surface area contributed by atoms with Gasteiger partial charge in [-0.2, -0.15) is 0 Å². The van der Waals surface area contributed by atoms with Gasteiger partial charge in [0, 0.05) is 11.3 Å². The van der Waals surface area contributed by atoms with Crippen LogP contribution in [-0.2, 0) is 4.79 Å². The highest BCUT2D eigenvalue weighted by atomic mass is 16.4. The Morgan fingerprint density at radius 3 is 2.88 bits per heavy atom. The molecule has 1 fully saturated rings. The van der Waals surface area contributed by atoms with Crippen LogP contribution in [-0.4, -0.2) is 11.1 Å². The van der Waals surface area contributed by atoms with Crippen LogP contribution in [0.5, 0.6) is 0 Å². The van der Waals surface area contributed by atoms with Gasteiger partial charge in [0.1, 0.15) is 11.3 Å². The molecule has 2 aromatic rings. The first kappa shape index (κ1) is 10.4. The molecule has 0 aliphatic heterocycles. The summed E-state index contributed by atoms with van der Waals surface area (Å²) in [6, 6.07) is 9.79. The van der Waals surface area contributed by atoms with E-state index in [1.54, 1.807) is 0 Å². The van der Waals surface area contributed by atoms with E-state index in [1.165, 1.54) is 0 Å². The molecular weight excluding hydrogens is 216 g/mol. The zero-order valence-electron chi connectivity index (χ0n) is 9.43. The van der Waals surface area contributed by atoms with Crippen molar-refractivity contribution in [3.63, 3.8) is 0 Å². The van der Waals surface area contributed by atoms with Crippen molar-refractivity contribution in [3.8, 4) is 0 Å². The molecule has 3 heteroatoms. The Hall–Kier alpha value is -1.77. The Balaban J connectivity index is 2.00. The Kier molecular flexibility index (Phi) is 2.39. The molecule has 88 valence electrons. The zero-order chi connectivity index (χ0) is 11.8. The van der Waals surface area contributed by atoms with Gasteiger partial charge in [-0.05, 0) is 25.0 Å². The van der Waals surface area contributed by atoms with E-state index in [1.807, 2.05) is 30.3 Å². The average molecular weight is 230 g/mol. The van der Waals surface area contributed by atoms with Crippen molar-refractivity contribution < 1.29 is 14.3 Å². The van der Waals surface area contributed by atoms with Gasteiger partial charge >= 0.3 is 5.97 Å². The summed E-state index contributed by atoms with van der Waals surface area (Å²) in [4.78, 5) is 11.2. The van der Waals surface area contributed by atoms with Crippen molar-refractivity contribution in [1.82, 2.24) is 0 Å². The number of benzene rings is 1. The summed E-state index contributed by atoms with van der Waals surface area (Å²) in [5, 5.41) is 10.2. The highest BCUT2D eigenvalue weighted by Gasteiger charge is 2.35. The topological polar surface area (TPSA) is 50.4 Å². The van der Waals surface area contributed by atoms with Gasteiger partial charge in [0.15, 0.2) is 0 Å². The maximum absolute atomic E-state index is 11.2. The lowest BCUT2D eigenvalue weighted by atomic mass is 9.94. The van der Waals surface area contributed by atoms with Crippen molar-refractivity contribution in [3.05, 3.63) is 36.1 Å². The number of hydrogen-bond donors (Lipinski definition) is 1. The summed E-state index contributed by atoms with van der Waals surface area (Å²) >= 11 is 0. The molecule has 3 nitrogen and oxygen atoms in total. The molecule has 1 heterocycles. The molecule has 0 spiro atoms. The maximum Gasteiger partial charge on any atom is 0.307 e. The third-order valence-electron chi connectivity index (χ3n) is 3.64. The predicted molar refractivity (Wildman–Crippen MR) is 63.9 cm³/mol. The van der Waals surface area contributed by atoms with Crippen molar-refractivity contribution in [2.24, 2.45) is 5.92 Å². The first-order chi connectivity index (χ1) is 8.25. The molecule has 1 aliphatic rings. The molecular formula is C14H14O3. The van der Waals surface area contributed by atoms with Crippen LogP contribution in [0.3, 0.4) is 0 Å². The van der Waals surface area contributed by atoms with Crippen LogP contribution >= 0.6 is 0 Å². The molecule has 0 bridgehead atoms. The third kappa shape index (κ3) is 1.71. The molecule has 1 aromatic heterocycles. The highest BCUT2D eigenvalue weighted by molar-refractivity contribution is 5.78. The molecule has 2 atom stereocenters. The van der Waals surface area contributed by atoms with Crippen molar-refractivity contribution >= 4 is 16.9 Å². The minimum atomic E-state index is -0.701. The third-order valence-corrected chi connectivity index (χ3v) is 3.64. The fourth-order valence-corrected chi connectivity index (χ4v) is 2.78. The number of aliphatic carboxylic acids is 1. The SMILES string of the molecule is O=C(O)C1CCCC1c1cc2ccccc2o1. The van der Waals surface area contributed by atoms with Gasteiger partial charge in [-0.3, -0.25) is 4.79 Å². The summed E-state index contributed by atoms with van der Waals surface area (Å²) < 4.78 is 5.77. The van der Waals surface area contributed by atoms with Crippen LogP contribution in [0, 0.1) is 5.92 Å². The number of carbonyl (C=O) groups is 1. The van der Waals surface area contributed by atoms with Crippen LogP contribution in [0.2, 0.25) is 0 Å². The molecule has 1 N–H and O–H groups in total. The van der Waals surface area contributed by atoms with E-state index in [2.05, 4.69) is 0 Å². The first-order valence-electron chi connectivity index (χ1n) is 5.97. The summed E-state index contributed by atoms with van der Waals surface area (Å²) in [6.45, 7) is 0. The van der Waals surface area contributed by atoms with E-state index in [0.717, 1.165) is 36.0 Å².